The molecule has 36 heavy (non-hydrogen) atoms. The number of aliphatic hydroxyl groups excluding tert-OH is 1. The van der Waals surface area contributed by atoms with Crippen molar-refractivity contribution in [3.8, 4) is 22.5 Å². The molecule has 5 aromatic rings. The number of carbonyl (C=O) groups is 2. The first-order chi connectivity index (χ1) is 17.4. The predicted molar refractivity (Wildman–Crippen MR) is 132 cm³/mol. The van der Waals surface area contributed by atoms with Crippen LogP contribution in [-0.2, 0) is 16.1 Å². The molecule has 6 rings (SSSR count). The van der Waals surface area contributed by atoms with Crippen molar-refractivity contribution < 1.29 is 14.7 Å². The summed E-state index contributed by atoms with van der Waals surface area (Å²) in [6, 6.07) is 18.9. The molecule has 1 fully saturated rings. The summed E-state index contributed by atoms with van der Waals surface area (Å²) >= 11 is 0. The summed E-state index contributed by atoms with van der Waals surface area (Å²) in [7, 11) is 0. The fourth-order valence-corrected chi connectivity index (χ4v) is 4.33. The van der Waals surface area contributed by atoms with Crippen LogP contribution < -0.4 is 5.32 Å². The molecule has 178 valence electrons. The molecule has 2 atom stereocenters. The van der Waals surface area contributed by atoms with E-state index in [2.05, 4.69) is 57.1 Å². The Morgan fingerprint density at radius 1 is 0.972 bits per heavy atom. The maximum absolute atomic E-state index is 11.9. The normalized spacial score (nSPS) is 17.4. The zero-order chi connectivity index (χ0) is 24.8. The number of H-pyrrole nitrogens is 1. The van der Waals surface area contributed by atoms with Crippen LogP contribution in [0.5, 0.6) is 0 Å². The number of nitrogens with one attached hydrogen (secondary N) is 2. The zero-order valence-corrected chi connectivity index (χ0v) is 19.2. The number of aromatic amines is 1. The minimum Gasteiger partial charge on any atom is -0.382 e. The van der Waals surface area contributed by atoms with Crippen molar-refractivity contribution in [2.24, 2.45) is 0 Å². The maximum Gasteiger partial charge on any atom is 0.231 e. The number of hydrogen-bond acceptors (Lipinski definition) is 8. The van der Waals surface area contributed by atoms with Crippen molar-refractivity contribution in [1.82, 2.24) is 30.4 Å². The number of tetrazole rings is 1. The van der Waals surface area contributed by atoms with E-state index in [-0.39, 0.29) is 0 Å². The van der Waals surface area contributed by atoms with Gasteiger partial charge in [-0.15, -0.1) is 10.2 Å². The Labute approximate surface area is 205 Å². The number of rotatable bonds is 6. The number of Topliss-reactive ketones (excluding diaryl/α,β-unsaturated/α-hetero) is 2. The first kappa shape index (κ1) is 21.8. The van der Waals surface area contributed by atoms with E-state index in [1.807, 2.05) is 41.2 Å². The van der Waals surface area contributed by atoms with E-state index < -0.39 is 23.7 Å². The Balaban J connectivity index is 1.35. The number of ketones is 2. The van der Waals surface area contributed by atoms with Gasteiger partial charge in [-0.1, -0.05) is 35.9 Å². The monoisotopic (exact) mass is 479 g/mol. The summed E-state index contributed by atoms with van der Waals surface area (Å²) in [5.41, 5.74) is 6.22. The van der Waals surface area contributed by atoms with Gasteiger partial charge in [-0.25, -0.2) is 0 Å². The van der Waals surface area contributed by atoms with Gasteiger partial charge in [-0.3, -0.25) is 14.3 Å². The van der Waals surface area contributed by atoms with Gasteiger partial charge in [0.2, 0.25) is 17.4 Å². The lowest BCUT2D eigenvalue weighted by atomic mass is 9.85. The molecular formula is C26H21N7O3. The molecule has 10 nitrogen and oxygen atoms in total. The Morgan fingerprint density at radius 3 is 2.53 bits per heavy atom. The van der Waals surface area contributed by atoms with Crippen molar-refractivity contribution in [3.05, 3.63) is 78.0 Å². The largest absolute Gasteiger partial charge is 0.382 e. The SMILES string of the molecule is Cc1ccc(Cn2cc3cc(-c4cc(NC5C(=O)C(=O)C5O)cc(-c5nn[nH]n5)c4)ccc3n2)cc1. The van der Waals surface area contributed by atoms with E-state index in [1.165, 1.54) is 11.1 Å². The Morgan fingerprint density at radius 2 is 1.78 bits per heavy atom. The first-order valence-corrected chi connectivity index (χ1v) is 11.4. The highest BCUT2D eigenvalue weighted by molar-refractivity contribution is 6.49. The van der Waals surface area contributed by atoms with Crippen LogP contribution in [0.2, 0.25) is 0 Å². The molecular weight excluding hydrogens is 458 g/mol. The molecule has 0 aliphatic heterocycles. The second-order valence-electron chi connectivity index (χ2n) is 8.92. The second-order valence-corrected chi connectivity index (χ2v) is 8.92. The molecule has 1 saturated carbocycles. The van der Waals surface area contributed by atoms with Crippen LogP contribution in [-0.4, -0.2) is 59.2 Å². The van der Waals surface area contributed by atoms with Crippen molar-refractivity contribution in [1.29, 1.82) is 0 Å². The van der Waals surface area contributed by atoms with E-state index in [0.29, 0.717) is 23.6 Å². The summed E-state index contributed by atoms with van der Waals surface area (Å²) in [5, 5.41) is 32.7. The topological polar surface area (TPSA) is 139 Å². The van der Waals surface area contributed by atoms with Crippen LogP contribution in [0, 0.1) is 6.92 Å². The second kappa shape index (κ2) is 8.51. The van der Waals surface area contributed by atoms with Crippen LogP contribution >= 0.6 is 0 Å². The third-order valence-corrected chi connectivity index (χ3v) is 6.32. The van der Waals surface area contributed by atoms with Gasteiger partial charge in [0.05, 0.1) is 12.1 Å². The van der Waals surface area contributed by atoms with Gasteiger partial charge in [0, 0.05) is 22.8 Å². The van der Waals surface area contributed by atoms with E-state index >= 15 is 0 Å². The zero-order valence-electron chi connectivity index (χ0n) is 19.2. The minimum atomic E-state index is -1.36. The van der Waals surface area contributed by atoms with Gasteiger partial charge >= 0.3 is 0 Å². The number of carbonyl (C=O) groups excluding carboxylic acids is 2. The molecule has 0 bridgehead atoms. The average Bonchev–Trinajstić information content (AvgIpc) is 3.57. The Bertz CT molecular complexity index is 1610. The molecule has 1 aliphatic rings. The first-order valence-electron chi connectivity index (χ1n) is 11.4. The third-order valence-electron chi connectivity index (χ3n) is 6.32. The number of aliphatic hydroxyl groups is 1. The van der Waals surface area contributed by atoms with Crippen LogP contribution in [0.15, 0.2) is 66.9 Å². The number of benzene rings is 3. The minimum absolute atomic E-state index is 0.378. The Kier molecular flexibility index (Phi) is 5.15. The van der Waals surface area contributed by atoms with Crippen molar-refractivity contribution >= 4 is 28.2 Å². The lowest BCUT2D eigenvalue weighted by Gasteiger charge is -2.30. The number of anilines is 1. The van der Waals surface area contributed by atoms with Crippen LogP contribution in [0.3, 0.4) is 0 Å². The molecule has 3 aromatic carbocycles. The standard InChI is InChI=1S/C26H21N7O3/c1-14-2-4-15(5-3-14)12-33-13-19-8-16(6-7-21(19)30-33)17-9-18(26-28-31-32-29-26)11-20(10-17)27-22-23(34)25(36)24(22)35/h2-11,13,22-23,27,34H,12H2,1H3,(H,28,29,31,32). The molecule has 2 heterocycles. The van der Waals surface area contributed by atoms with E-state index in [1.54, 1.807) is 6.07 Å². The average molecular weight is 480 g/mol. The van der Waals surface area contributed by atoms with E-state index in [4.69, 9.17) is 5.10 Å². The number of fused-ring (bicyclic) bond motifs is 1. The molecule has 2 aromatic heterocycles. The lowest BCUT2D eigenvalue weighted by Crippen LogP contribution is -2.61. The molecule has 10 heteroatoms. The number of aryl methyl sites for hydroxylation is 1. The van der Waals surface area contributed by atoms with Gasteiger partial charge < -0.3 is 10.4 Å². The summed E-state index contributed by atoms with van der Waals surface area (Å²) in [6.07, 6.45) is 0.654. The van der Waals surface area contributed by atoms with Gasteiger partial charge in [0.1, 0.15) is 12.1 Å². The maximum atomic E-state index is 11.9. The van der Waals surface area contributed by atoms with E-state index in [9.17, 15) is 14.7 Å². The number of hydrogen-bond donors (Lipinski definition) is 3. The fraction of sp³-hybridized carbons (Fsp3) is 0.154. The lowest BCUT2D eigenvalue weighted by molar-refractivity contribution is -0.152. The molecule has 0 spiro atoms. The highest BCUT2D eigenvalue weighted by atomic mass is 16.3. The molecule has 0 saturated heterocycles. The van der Waals surface area contributed by atoms with Gasteiger partial charge in [-0.05, 0) is 59.2 Å². The van der Waals surface area contributed by atoms with Crippen LogP contribution in [0.1, 0.15) is 11.1 Å². The highest BCUT2D eigenvalue weighted by Crippen LogP contribution is 2.32. The fourth-order valence-electron chi connectivity index (χ4n) is 4.33. The van der Waals surface area contributed by atoms with E-state index in [0.717, 1.165) is 22.0 Å². The number of nitrogens with zero attached hydrogens (tertiary/aromatic N) is 5. The van der Waals surface area contributed by atoms with Crippen molar-refractivity contribution in [2.75, 3.05) is 5.32 Å². The number of aromatic nitrogens is 6. The predicted octanol–water partition coefficient (Wildman–Crippen LogP) is 2.53. The summed E-state index contributed by atoms with van der Waals surface area (Å²) in [6.45, 7) is 2.73. The molecule has 2 unspecified atom stereocenters. The van der Waals surface area contributed by atoms with Crippen LogP contribution in [0.4, 0.5) is 5.69 Å². The summed E-state index contributed by atoms with van der Waals surface area (Å²) < 4.78 is 1.92. The van der Waals surface area contributed by atoms with Gasteiger partial charge in [0.15, 0.2) is 0 Å². The Hall–Kier alpha value is -4.70. The molecule has 3 N–H and O–H groups in total. The van der Waals surface area contributed by atoms with Crippen molar-refractivity contribution in [2.45, 2.75) is 25.6 Å². The summed E-state index contributed by atoms with van der Waals surface area (Å²) in [5.74, 6) is -1.05. The molecule has 1 aliphatic carbocycles. The quantitative estimate of drug-likeness (QED) is 0.316. The van der Waals surface area contributed by atoms with Gasteiger partial charge in [-0.2, -0.15) is 10.3 Å². The smallest absolute Gasteiger partial charge is 0.231 e. The van der Waals surface area contributed by atoms with Gasteiger partial charge in [0.25, 0.3) is 0 Å². The van der Waals surface area contributed by atoms with Crippen molar-refractivity contribution in [3.63, 3.8) is 0 Å². The highest BCUT2D eigenvalue weighted by Gasteiger charge is 2.48. The molecule has 0 radical (unpaired) electrons. The summed E-state index contributed by atoms with van der Waals surface area (Å²) in [4.78, 5) is 23.4. The third kappa shape index (κ3) is 3.93. The molecule has 0 amide bonds. The van der Waals surface area contributed by atoms with Crippen LogP contribution in [0.25, 0.3) is 33.4 Å².